The highest BCUT2D eigenvalue weighted by atomic mass is 35.5. The Hall–Kier alpha value is -2.54. The number of aliphatic hydroxyl groups is 1. The summed E-state index contributed by atoms with van der Waals surface area (Å²) in [5.41, 5.74) is 1.57. The summed E-state index contributed by atoms with van der Waals surface area (Å²) >= 11 is 6.19. The molecule has 0 saturated carbocycles. The predicted molar refractivity (Wildman–Crippen MR) is 104 cm³/mol. The monoisotopic (exact) mass is 384 g/mol. The van der Waals surface area contributed by atoms with Crippen LogP contribution < -0.4 is 0 Å². The Morgan fingerprint density at radius 3 is 2.52 bits per heavy atom. The van der Waals surface area contributed by atoms with Gasteiger partial charge in [-0.2, -0.15) is 0 Å². The Bertz CT molecular complexity index is 954. The lowest BCUT2D eigenvalue weighted by Gasteiger charge is -2.21. The second kappa shape index (κ2) is 8.00. The molecule has 1 atom stereocenters. The van der Waals surface area contributed by atoms with Gasteiger partial charge in [-0.05, 0) is 39.2 Å². The van der Waals surface area contributed by atoms with E-state index in [4.69, 9.17) is 11.6 Å². The summed E-state index contributed by atoms with van der Waals surface area (Å²) in [6.45, 7) is 1.69. The smallest absolute Gasteiger partial charge is 0.195 e. The van der Waals surface area contributed by atoms with E-state index in [1.807, 2.05) is 44.1 Å². The minimum atomic E-state index is -0.297. The third-order valence-electron chi connectivity index (χ3n) is 4.52. The highest BCUT2D eigenvalue weighted by molar-refractivity contribution is 6.31. The number of benzene rings is 2. The molecule has 27 heavy (non-hydrogen) atoms. The normalized spacial score (nSPS) is 12.4. The van der Waals surface area contributed by atoms with Crippen LogP contribution in [0, 0.1) is 0 Å². The van der Waals surface area contributed by atoms with Gasteiger partial charge in [0, 0.05) is 16.1 Å². The number of ketones is 1. The van der Waals surface area contributed by atoms with Crippen LogP contribution in [0.15, 0.2) is 48.5 Å². The van der Waals surface area contributed by atoms with Crippen molar-refractivity contribution in [2.75, 3.05) is 14.1 Å². The first kappa shape index (κ1) is 19.2. The average molecular weight is 385 g/mol. The zero-order chi connectivity index (χ0) is 19.6. The molecular weight excluding hydrogens is 364 g/mol. The summed E-state index contributed by atoms with van der Waals surface area (Å²) in [6.07, 6.45) is 0. The lowest BCUT2D eigenvalue weighted by atomic mass is 10.0. The van der Waals surface area contributed by atoms with Crippen molar-refractivity contribution in [2.45, 2.75) is 19.6 Å². The molecule has 0 radical (unpaired) electrons. The maximum Gasteiger partial charge on any atom is 0.195 e. The number of halogens is 1. The molecule has 1 aromatic heterocycles. The van der Waals surface area contributed by atoms with Crippen LogP contribution in [-0.4, -0.2) is 44.6 Å². The van der Waals surface area contributed by atoms with Gasteiger partial charge >= 0.3 is 0 Å². The van der Waals surface area contributed by atoms with E-state index in [0.717, 1.165) is 0 Å². The Kier molecular flexibility index (Phi) is 5.70. The number of carbonyl (C=O) groups is 1. The maximum absolute atomic E-state index is 13.1. The molecule has 3 rings (SSSR count). The fourth-order valence-electron chi connectivity index (χ4n) is 2.83. The minimum Gasteiger partial charge on any atom is -0.388 e. The molecule has 0 aliphatic heterocycles. The molecule has 0 bridgehead atoms. The summed E-state index contributed by atoms with van der Waals surface area (Å²) in [5, 5.41) is 18.6. The van der Waals surface area contributed by atoms with Gasteiger partial charge < -0.3 is 5.11 Å². The van der Waals surface area contributed by atoms with Crippen molar-refractivity contribution in [3.8, 4) is 5.69 Å². The van der Waals surface area contributed by atoms with Gasteiger partial charge in [0.15, 0.2) is 17.4 Å². The summed E-state index contributed by atoms with van der Waals surface area (Å²) in [4.78, 5) is 15.1. The second-order valence-corrected chi connectivity index (χ2v) is 6.90. The van der Waals surface area contributed by atoms with E-state index in [0.29, 0.717) is 33.5 Å². The van der Waals surface area contributed by atoms with Crippen molar-refractivity contribution < 1.29 is 9.90 Å². The van der Waals surface area contributed by atoms with E-state index in [1.54, 1.807) is 34.9 Å². The lowest BCUT2D eigenvalue weighted by molar-refractivity contribution is 0.103. The maximum atomic E-state index is 13.1. The highest BCUT2D eigenvalue weighted by Gasteiger charge is 2.24. The van der Waals surface area contributed by atoms with Crippen LogP contribution in [0.1, 0.15) is 40.5 Å². The Balaban J connectivity index is 2.22. The van der Waals surface area contributed by atoms with Gasteiger partial charge in [-0.15, -0.1) is 10.2 Å². The fourth-order valence-corrected chi connectivity index (χ4v) is 3.00. The van der Waals surface area contributed by atoms with Gasteiger partial charge in [-0.1, -0.05) is 41.9 Å². The van der Waals surface area contributed by atoms with E-state index < -0.39 is 0 Å². The number of aromatic nitrogens is 3. The third kappa shape index (κ3) is 3.78. The first-order chi connectivity index (χ1) is 12.9. The quantitative estimate of drug-likeness (QED) is 0.660. The zero-order valence-electron chi connectivity index (χ0n) is 15.4. The van der Waals surface area contributed by atoms with Crippen molar-refractivity contribution >= 4 is 17.4 Å². The topological polar surface area (TPSA) is 71.2 Å². The molecule has 3 aromatic rings. The molecule has 1 heterocycles. The Morgan fingerprint density at radius 2 is 1.89 bits per heavy atom. The van der Waals surface area contributed by atoms with Gasteiger partial charge in [-0.25, -0.2) is 0 Å². The molecule has 140 valence electrons. The average Bonchev–Trinajstić information content (AvgIpc) is 3.11. The molecule has 0 aliphatic rings. The Morgan fingerprint density at radius 1 is 1.19 bits per heavy atom. The van der Waals surface area contributed by atoms with Crippen LogP contribution >= 0.6 is 11.6 Å². The Labute approximate surface area is 163 Å². The molecule has 0 fully saturated rings. The van der Waals surface area contributed by atoms with E-state index in [1.165, 1.54) is 0 Å². The van der Waals surface area contributed by atoms with E-state index >= 15 is 0 Å². The van der Waals surface area contributed by atoms with Crippen molar-refractivity contribution in [3.63, 3.8) is 0 Å². The van der Waals surface area contributed by atoms with Crippen LogP contribution in [0.2, 0.25) is 5.02 Å². The van der Waals surface area contributed by atoms with Gasteiger partial charge in [0.25, 0.3) is 0 Å². The molecule has 2 aromatic carbocycles. The zero-order valence-corrected chi connectivity index (χ0v) is 16.2. The van der Waals surface area contributed by atoms with Crippen molar-refractivity contribution in [1.82, 2.24) is 19.7 Å². The molecule has 0 amide bonds. The van der Waals surface area contributed by atoms with Crippen LogP contribution in [0.5, 0.6) is 0 Å². The lowest BCUT2D eigenvalue weighted by Crippen LogP contribution is -2.22. The first-order valence-corrected chi connectivity index (χ1v) is 8.93. The largest absolute Gasteiger partial charge is 0.388 e. The van der Waals surface area contributed by atoms with Gasteiger partial charge in [-0.3, -0.25) is 14.3 Å². The van der Waals surface area contributed by atoms with Crippen molar-refractivity contribution in [1.29, 1.82) is 0 Å². The number of carbonyl (C=O) groups excluding carboxylic acids is 1. The SMILES string of the molecule is CC(c1nnc(CO)n1-c1ccc(Cl)cc1C(=O)c1ccccc1)N(C)C. The summed E-state index contributed by atoms with van der Waals surface area (Å²) in [5.74, 6) is 0.839. The van der Waals surface area contributed by atoms with E-state index in [2.05, 4.69) is 10.2 Å². The van der Waals surface area contributed by atoms with Gasteiger partial charge in [0.1, 0.15) is 6.61 Å². The molecule has 0 spiro atoms. The standard InChI is InChI=1S/C20H21ClN4O2/c1-13(24(2)3)20-23-22-18(12-26)25(20)17-10-9-15(21)11-16(17)19(27)14-7-5-4-6-8-14/h4-11,13,26H,12H2,1-3H3. The number of aliphatic hydroxyl groups excluding tert-OH is 1. The fraction of sp³-hybridized carbons (Fsp3) is 0.250. The molecule has 7 heteroatoms. The van der Waals surface area contributed by atoms with Gasteiger partial charge in [0.05, 0.1) is 11.7 Å². The van der Waals surface area contributed by atoms with Crippen LogP contribution in [0.3, 0.4) is 0 Å². The highest BCUT2D eigenvalue weighted by Crippen LogP contribution is 2.27. The molecule has 6 nitrogen and oxygen atoms in total. The van der Waals surface area contributed by atoms with Crippen LogP contribution in [-0.2, 0) is 6.61 Å². The number of rotatable bonds is 6. The summed E-state index contributed by atoms with van der Waals surface area (Å²) in [7, 11) is 3.86. The molecule has 1 unspecified atom stereocenters. The predicted octanol–water partition coefficient (Wildman–Crippen LogP) is 3.27. The number of hydrogen-bond acceptors (Lipinski definition) is 5. The van der Waals surface area contributed by atoms with Crippen molar-refractivity contribution in [3.05, 3.63) is 76.3 Å². The molecule has 0 aliphatic carbocycles. The first-order valence-electron chi connectivity index (χ1n) is 8.55. The van der Waals surface area contributed by atoms with Crippen LogP contribution in [0.25, 0.3) is 5.69 Å². The molecular formula is C20H21ClN4O2. The van der Waals surface area contributed by atoms with Crippen molar-refractivity contribution in [2.24, 2.45) is 0 Å². The van der Waals surface area contributed by atoms with E-state index in [-0.39, 0.29) is 18.4 Å². The van der Waals surface area contributed by atoms with Crippen LogP contribution in [0.4, 0.5) is 0 Å². The third-order valence-corrected chi connectivity index (χ3v) is 4.76. The summed E-state index contributed by atoms with van der Waals surface area (Å²) < 4.78 is 1.73. The van der Waals surface area contributed by atoms with Gasteiger partial charge in [0.2, 0.25) is 0 Å². The summed E-state index contributed by atoms with van der Waals surface area (Å²) in [6, 6.07) is 14.0. The number of hydrogen-bond donors (Lipinski definition) is 1. The minimum absolute atomic E-state index is 0.0758. The second-order valence-electron chi connectivity index (χ2n) is 6.46. The molecule has 0 saturated heterocycles. The number of nitrogens with zero attached hydrogens (tertiary/aromatic N) is 4. The molecule has 1 N–H and O–H groups in total. The van der Waals surface area contributed by atoms with E-state index in [9.17, 15) is 9.90 Å².